The maximum absolute atomic E-state index is 12.8. The Hall–Kier alpha value is -1.33. The molecule has 4 rings (SSSR count). The van der Waals surface area contributed by atoms with E-state index in [9.17, 15) is 9.18 Å². The molecule has 3 aliphatic rings. The Kier molecular flexibility index (Phi) is 4.60. The summed E-state index contributed by atoms with van der Waals surface area (Å²) in [6.45, 7) is 3.33. The SMILES string of the molecule is O=C(/C=C/Sc1ccc(F)cc1)N[C@H]1CN2CCC1CC2. The van der Waals surface area contributed by atoms with Crippen LogP contribution in [-0.4, -0.2) is 36.5 Å². The van der Waals surface area contributed by atoms with Crippen molar-refractivity contribution in [1.29, 1.82) is 0 Å². The molecule has 3 nitrogen and oxygen atoms in total. The van der Waals surface area contributed by atoms with Gasteiger partial charge in [-0.25, -0.2) is 4.39 Å². The molecule has 1 aromatic rings. The van der Waals surface area contributed by atoms with Gasteiger partial charge in [-0.05, 0) is 61.5 Å². The number of hydrogen-bond donors (Lipinski definition) is 1. The second-order valence-electron chi connectivity index (χ2n) is 5.63. The molecule has 0 unspecified atom stereocenters. The smallest absolute Gasteiger partial charge is 0.244 e. The average molecular weight is 306 g/mol. The Morgan fingerprint density at radius 2 is 2.00 bits per heavy atom. The van der Waals surface area contributed by atoms with E-state index in [1.807, 2.05) is 0 Å². The standard InChI is InChI=1S/C16H19FN2OS/c17-13-1-3-14(4-2-13)21-10-7-16(20)18-15-11-19-8-5-12(15)6-9-19/h1-4,7,10,12,15H,5-6,8-9,11H2,(H,18,20)/b10-7+/t15-/m0/s1. The monoisotopic (exact) mass is 306 g/mol. The molecular formula is C16H19FN2OS. The van der Waals surface area contributed by atoms with Gasteiger partial charge in [0.15, 0.2) is 0 Å². The molecule has 0 saturated carbocycles. The number of benzene rings is 1. The first-order chi connectivity index (χ1) is 10.2. The van der Waals surface area contributed by atoms with Gasteiger partial charge in [-0.2, -0.15) is 0 Å². The minimum Gasteiger partial charge on any atom is -0.348 e. The molecule has 1 N–H and O–H groups in total. The van der Waals surface area contributed by atoms with Crippen molar-refractivity contribution in [3.8, 4) is 0 Å². The highest BCUT2D eigenvalue weighted by Gasteiger charge is 2.34. The lowest BCUT2D eigenvalue weighted by Gasteiger charge is -2.44. The zero-order valence-corrected chi connectivity index (χ0v) is 12.6. The lowest BCUT2D eigenvalue weighted by molar-refractivity contribution is -0.118. The maximum atomic E-state index is 12.8. The molecule has 1 atom stereocenters. The van der Waals surface area contributed by atoms with Crippen molar-refractivity contribution in [2.24, 2.45) is 5.92 Å². The van der Waals surface area contributed by atoms with Crippen LogP contribution in [0.25, 0.3) is 0 Å². The molecule has 0 radical (unpaired) electrons. The minimum atomic E-state index is -0.247. The third kappa shape index (κ3) is 3.86. The lowest BCUT2D eigenvalue weighted by atomic mass is 9.84. The van der Waals surface area contributed by atoms with Crippen molar-refractivity contribution in [3.63, 3.8) is 0 Å². The first-order valence-electron chi connectivity index (χ1n) is 7.32. The predicted molar refractivity (Wildman–Crippen MR) is 82.5 cm³/mol. The molecule has 21 heavy (non-hydrogen) atoms. The highest BCUT2D eigenvalue weighted by molar-refractivity contribution is 8.02. The highest BCUT2D eigenvalue weighted by Crippen LogP contribution is 2.27. The van der Waals surface area contributed by atoms with Crippen LogP contribution in [-0.2, 0) is 4.79 Å². The molecular weight excluding hydrogens is 287 g/mol. The van der Waals surface area contributed by atoms with Crippen LogP contribution >= 0.6 is 11.8 Å². The van der Waals surface area contributed by atoms with Gasteiger partial charge in [-0.1, -0.05) is 11.8 Å². The number of carbonyl (C=O) groups is 1. The van der Waals surface area contributed by atoms with E-state index < -0.39 is 0 Å². The molecule has 3 fully saturated rings. The van der Waals surface area contributed by atoms with E-state index in [0.717, 1.165) is 11.4 Å². The molecule has 1 aromatic carbocycles. The van der Waals surface area contributed by atoms with Crippen LogP contribution in [0.1, 0.15) is 12.8 Å². The molecule has 3 aliphatic heterocycles. The normalized spacial score (nSPS) is 28.0. The van der Waals surface area contributed by atoms with Gasteiger partial charge >= 0.3 is 0 Å². The Morgan fingerprint density at radius 3 is 2.62 bits per heavy atom. The molecule has 0 spiro atoms. The fraction of sp³-hybridized carbons (Fsp3) is 0.438. The predicted octanol–water partition coefficient (Wildman–Crippen LogP) is 2.64. The molecule has 3 heterocycles. The minimum absolute atomic E-state index is 0.0386. The van der Waals surface area contributed by atoms with Crippen molar-refractivity contribution in [3.05, 3.63) is 41.6 Å². The third-order valence-corrected chi connectivity index (χ3v) is 5.04. The summed E-state index contributed by atoms with van der Waals surface area (Å²) >= 11 is 1.42. The van der Waals surface area contributed by atoms with Gasteiger partial charge in [-0.3, -0.25) is 4.79 Å². The zero-order valence-electron chi connectivity index (χ0n) is 11.8. The van der Waals surface area contributed by atoms with Gasteiger partial charge in [0.25, 0.3) is 0 Å². The first-order valence-corrected chi connectivity index (χ1v) is 8.20. The van der Waals surface area contributed by atoms with Gasteiger partial charge in [0.2, 0.25) is 5.91 Å². The van der Waals surface area contributed by atoms with E-state index in [1.54, 1.807) is 23.6 Å². The van der Waals surface area contributed by atoms with Crippen LogP contribution in [0.4, 0.5) is 4.39 Å². The molecule has 0 aromatic heterocycles. The molecule has 2 bridgehead atoms. The van der Waals surface area contributed by atoms with Gasteiger partial charge in [0, 0.05) is 23.6 Å². The number of thioether (sulfide) groups is 1. The first kappa shape index (κ1) is 14.6. The third-order valence-electron chi connectivity index (χ3n) is 4.22. The van der Waals surface area contributed by atoms with E-state index >= 15 is 0 Å². The number of piperidine rings is 3. The summed E-state index contributed by atoms with van der Waals surface area (Å²) < 4.78 is 12.8. The number of halogens is 1. The zero-order chi connectivity index (χ0) is 14.7. The van der Waals surface area contributed by atoms with E-state index in [4.69, 9.17) is 0 Å². The lowest BCUT2D eigenvalue weighted by Crippen LogP contribution is -2.57. The van der Waals surface area contributed by atoms with E-state index in [2.05, 4.69) is 10.2 Å². The van der Waals surface area contributed by atoms with Crippen LogP contribution in [0.15, 0.2) is 40.6 Å². The summed E-state index contributed by atoms with van der Waals surface area (Å²) in [7, 11) is 0. The number of hydrogen-bond acceptors (Lipinski definition) is 3. The fourth-order valence-electron chi connectivity index (χ4n) is 3.05. The average Bonchev–Trinajstić information content (AvgIpc) is 2.50. The Labute approximate surface area is 128 Å². The number of nitrogens with zero attached hydrogens (tertiary/aromatic N) is 1. The maximum Gasteiger partial charge on any atom is 0.244 e. The van der Waals surface area contributed by atoms with Gasteiger partial charge in [0.05, 0.1) is 0 Å². The van der Waals surface area contributed by atoms with Crippen LogP contribution < -0.4 is 5.32 Å². The van der Waals surface area contributed by atoms with Crippen molar-refractivity contribution in [1.82, 2.24) is 10.2 Å². The summed E-state index contributed by atoms with van der Waals surface area (Å²) in [5.41, 5.74) is 0. The van der Waals surface area contributed by atoms with Gasteiger partial charge in [-0.15, -0.1) is 0 Å². The number of rotatable bonds is 4. The number of amides is 1. The van der Waals surface area contributed by atoms with Crippen LogP contribution in [0.3, 0.4) is 0 Å². The Balaban J connectivity index is 1.47. The summed E-state index contributed by atoms with van der Waals surface area (Å²) in [6.07, 6.45) is 3.95. The fourth-order valence-corrected chi connectivity index (χ4v) is 3.69. The summed E-state index contributed by atoms with van der Waals surface area (Å²) in [5.74, 6) is 0.351. The quantitative estimate of drug-likeness (QED) is 0.685. The summed E-state index contributed by atoms with van der Waals surface area (Å²) in [6, 6.07) is 6.54. The largest absolute Gasteiger partial charge is 0.348 e. The molecule has 0 aliphatic carbocycles. The Morgan fingerprint density at radius 1 is 1.29 bits per heavy atom. The van der Waals surface area contributed by atoms with Gasteiger partial charge < -0.3 is 10.2 Å². The molecule has 3 saturated heterocycles. The number of carbonyl (C=O) groups excluding carboxylic acids is 1. The second kappa shape index (κ2) is 6.62. The molecule has 5 heteroatoms. The highest BCUT2D eigenvalue weighted by atomic mass is 32.2. The second-order valence-corrected chi connectivity index (χ2v) is 6.61. The van der Waals surface area contributed by atoms with E-state index in [0.29, 0.717) is 12.0 Å². The summed E-state index contributed by atoms with van der Waals surface area (Å²) in [4.78, 5) is 15.3. The number of nitrogens with one attached hydrogen (secondary N) is 1. The van der Waals surface area contributed by atoms with Gasteiger partial charge in [0.1, 0.15) is 5.82 Å². The van der Waals surface area contributed by atoms with Crippen LogP contribution in [0.2, 0.25) is 0 Å². The van der Waals surface area contributed by atoms with Crippen molar-refractivity contribution >= 4 is 17.7 Å². The van der Waals surface area contributed by atoms with Crippen LogP contribution in [0, 0.1) is 11.7 Å². The summed E-state index contributed by atoms with van der Waals surface area (Å²) in [5, 5.41) is 4.86. The number of fused-ring (bicyclic) bond motifs is 3. The molecule has 112 valence electrons. The topological polar surface area (TPSA) is 32.3 Å². The Bertz CT molecular complexity index is 524. The van der Waals surface area contributed by atoms with Crippen molar-refractivity contribution in [2.75, 3.05) is 19.6 Å². The van der Waals surface area contributed by atoms with E-state index in [1.165, 1.54) is 49.8 Å². The molecule has 1 amide bonds. The van der Waals surface area contributed by atoms with Crippen molar-refractivity contribution < 1.29 is 9.18 Å². The van der Waals surface area contributed by atoms with E-state index in [-0.39, 0.29) is 11.7 Å². The van der Waals surface area contributed by atoms with Crippen LogP contribution in [0.5, 0.6) is 0 Å². The van der Waals surface area contributed by atoms with Crippen molar-refractivity contribution in [2.45, 2.75) is 23.8 Å².